The molecule has 0 unspecified atom stereocenters. The van der Waals surface area contributed by atoms with Gasteiger partial charge >= 0.3 is 0 Å². The molecule has 4 heteroatoms. The monoisotopic (exact) mass is 317 g/mol. The van der Waals surface area contributed by atoms with Crippen LogP contribution in [0, 0.1) is 0 Å². The van der Waals surface area contributed by atoms with Crippen LogP contribution in [0.25, 0.3) is 0 Å². The van der Waals surface area contributed by atoms with Crippen molar-refractivity contribution in [2.24, 2.45) is 0 Å². The Labute approximate surface area is 138 Å². The number of nitrogens with zero attached hydrogens (tertiary/aromatic N) is 1. The van der Waals surface area contributed by atoms with Gasteiger partial charge in [0.15, 0.2) is 0 Å². The van der Waals surface area contributed by atoms with Crippen molar-refractivity contribution in [3.05, 3.63) is 29.8 Å². The Bertz CT molecular complexity index is 537. The highest BCUT2D eigenvalue weighted by atomic mass is 16.5. The molecule has 3 rings (SSSR count). The number of hydrogen-bond acceptors (Lipinski definition) is 3. The van der Waals surface area contributed by atoms with Crippen molar-refractivity contribution in [3.63, 3.8) is 0 Å². The summed E-state index contributed by atoms with van der Waals surface area (Å²) in [6.45, 7) is 6.47. The standard InChI is InChI=1S/C19H27NO3/c1-14(2)20(16-8-10-22-11-9-16)19(21)13-15-7-12-23-18-6-4-3-5-17(15)18/h3-6,14-16H,7-13H2,1-2H3/t15-/m1/s1. The van der Waals surface area contributed by atoms with Crippen LogP contribution in [-0.2, 0) is 9.53 Å². The second kappa shape index (κ2) is 7.35. The number of carbonyl (C=O) groups is 1. The third-order valence-electron chi connectivity index (χ3n) is 4.93. The molecule has 0 aromatic heterocycles. The summed E-state index contributed by atoms with van der Waals surface area (Å²) in [5, 5.41) is 0. The number of rotatable bonds is 4. The average molecular weight is 317 g/mol. The van der Waals surface area contributed by atoms with Gasteiger partial charge in [0, 0.05) is 31.7 Å². The minimum atomic E-state index is 0.237. The van der Waals surface area contributed by atoms with Crippen LogP contribution < -0.4 is 4.74 Å². The van der Waals surface area contributed by atoms with E-state index < -0.39 is 0 Å². The predicted molar refractivity (Wildman–Crippen MR) is 89.7 cm³/mol. The molecular weight excluding hydrogens is 290 g/mol. The van der Waals surface area contributed by atoms with Crippen molar-refractivity contribution in [3.8, 4) is 5.75 Å². The fourth-order valence-electron chi connectivity index (χ4n) is 3.82. The third-order valence-corrected chi connectivity index (χ3v) is 4.93. The SMILES string of the molecule is CC(C)N(C(=O)C[C@H]1CCOc2ccccc21)C1CCOCC1. The summed E-state index contributed by atoms with van der Waals surface area (Å²) in [6, 6.07) is 8.69. The first kappa shape index (κ1) is 16.3. The van der Waals surface area contributed by atoms with Gasteiger partial charge in [-0.05, 0) is 50.7 Å². The zero-order chi connectivity index (χ0) is 16.2. The molecule has 0 N–H and O–H groups in total. The summed E-state index contributed by atoms with van der Waals surface area (Å²) < 4.78 is 11.2. The molecule has 0 saturated carbocycles. The van der Waals surface area contributed by atoms with Crippen LogP contribution in [0.3, 0.4) is 0 Å². The van der Waals surface area contributed by atoms with Crippen molar-refractivity contribution in [1.82, 2.24) is 4.90 Å². The van der Waals surface area contributed by atoms with Crippen molar-refractivity contribution < 1.29 is 14.3 Å². The fourth-order valence-corrected chi connectivity index (χ4v) is 3.82. The summed E-state index contributed by atoms with van der Waals surface area (Å²) in [7, 11) is 0. The Balaban J connectivity index is 1.72. The Morgan fingerprint density at radius 1 is 1.17 bits per heavy atom. The summed E-state index contributed by atoms with van der Waals surface area (Å²) in [5.41, 5.74) is 1.18. The third kappa shape index (κ3) is 3.69. The van der Waals surface area contributed by atoms with Gasteiger partial charge in [0.05, 0.1) is 6.61 Å². The maximum atomic E-state index is 13.0. The molecule has 0 bridgehead atoms. The maximum Gasteiger partial charge on any atom is 0.223 e. The van der Waals surface area contributed by atoms with E-state index in [2.05, 4.69) is 24.8 Å². The van der Waals surface area contributed by atoms with E-state index >= 15 is 0 Å². The molecule has 1 aromatic rings. The minimum Gasteiger partial charge on any atom is -0.493 e. The molecule has 1 amide bonds. The number of amides is 1. The van der Waals surface area contributed by atoms with Crippen LogP contribution in [0.5, 0.6) is 5.75 Å². The first-order valence-electron chi connectivity index (χ1n) is 8.77. The molecule has 2 aliphatic heterocycles. The van der Waals surface area contributed by atoms with Gasteiger partial charge in [-0.2, -0.15) is 0 Å². The highest BCUT2D eigenvalue weighted by Gasteiger charge is 2.31. The van der Waals surface area contributed by atoms with Crippen LogP contribution in [0.2, 0.25) is 0 Å². The van der Waals surface area contributed by atoms with Crippen LogP contribution >= 0.6 is 0 Å². The smallest absolute Gasteiger partial charge is 0.223 e. The summed E-state index contributed by atoms with van der Waals surface area (Å²) in [4.78, 5) is 15.1. The lowest BCUT2D eigenvalue weighted by Crippen LogP contribution is -2.47. The molecular formula is C19H27NO3. The first-order valence-corrected chi connectivity index (χ1v) is 8.77. The molecule has 2 heterocycles. The van der Waals surface area contributed by atoms with Gasteiger partial charge in [0.1, 0.15) is 5.75 Å². The lowest BCUT2D eigenvalue weighted by Gasteiger charge is -2.38. The molecule has 1 saturated heterocycles. The second-order valence-electron chi connectivity index (χ2n) is 6.81. The highest BCUT2D eigenvalue weighted by molar-refractivity contribution is 5.78. The molecule has 0 spiro atoms. The van der Waals surface area contributed by atoms with Crippen molar-refractivity contribution in [2.45, 2.75) is 57.5 Å². The highest BCUT2D eigenvalue weighted by Crippen LogP contribution is 2.36. The van der Waals surface area contributed by atoms with E-state index in [1.54, 1.807) is 0 Å². The van der Waals surface area contributed by atoms with Gasteiger partial charge in [0.2, 0.25) is 5.91 Å². The van der Waals surface area contributed by atoms with Gasteiger partial charge in [-0.3, -0.25) is 4.79 Å². The van der Waals surface area contributed by atoms with Gasteiger partial charge in [-0.1, -0.05) is 18.2 Å². The summed E-state index contributed by atoms with van der Waals surface area (Å²) in [6.07, 6.45) is 3.40. The van der Waals surface area contributed by atoms with E-state index in [4.69, 9.17) is 9.47 Å². The molecule has 23 heavy (non-hydrogen) atoms. The van der Waals surface area contributed by atoms with Crippen LogP contribution in [0.1, 0.15) is 51.0 Å². The first-order chi connectivity index (χ1) is 11.2. The average Bonchev–Trinajstić information content (AvgIpc) is 2.56. The van der Waals surface area contributed by atoms with Gasteiger partial charge < -0.3 is 14.4 Å². The summed E-state index contributed by atoms with van der Waals surface area (Å²) >= 11 is 0. The van der Waals surface area contributed by atoms with Crippen LogP contribution in [0.15, 0.2) is 24.3 Å². The zero-order valence-corrected chi connectivity index (χ0v) is 14.2. The van der Waals surface area contributed by atoms with Crippen LogP contribution in [-0.4, -0.2) is 42.7 Å². The van der Waals surface area contributed by atoms with E-state index in [1.807, 2.05) is 18.2 Å². The Morgan fingerprint density at radius 3 is 2.65 bits per heavy atom. The molecule has 126 valence electrons. The number of fused-ring (bicyclic) bond motifs is 1. The zero-order valence-electron chi connectivity index (χ0n) is 14.2. The Morgan fingerprint density at radius 2 is 1.91 bits per heavy atom. The van der Waals surface area contributed by atoms with Gasteiger partial charge in [-0.25, -0.2) is 0 Å². The van der Waals surface area contributed by atoms with Crippen LogP contribution in [0.4, 0.5) is 0 Å². The topological polar surface area (TPSA) is 38.8 Å². The molecule has 1 aromatic carbocycles. The normalized spacial score (nSPS) is 21.6. The van der Waals surface area contributed by atoms with Crippen molar-refractivity contribution in [1.29, 1.82) is 0 Å². The van der Waals surface area contributed by atoms with Crippen molar-refractivity contribution in [2.75, 3.05) is 19.8 Å². The van der Waals surface area contributed by atoms with E-state index in [1.165, 1.54) is 5.56 Å². The number of para-hydroxylation sites is 1. The maximum absolute atomic E-state index is 13.0. The molecule has 4 nitrogen and oxygen atoms in total. The molecule has 0 radical (unpaired) electrons. The molecule has 0 aliphatic carbocycles. The Hall–Kier alpha value is -1.55. The van der Waals surface area contributed by atoms with Crippen molar-refractivity contribution >= 4 is 5.91 Å². The van der Waals surface area contributed by atoms with E-state index in [-0.39, 0.29) is 17.9 Å². The van der Waals surface area contributed by atoms with Gasteiger partial charge in [-0.15, -0.1) is 0 Å². The molecule has 1 fully saturated rings. The Kier molecular flexibility index (Phi) is 5.21. The lowest BCUT2D eigenvalue weighted by atomic mass is 9.89. The lowest BCUT2D eigenvalue weighted by molar-refractivity contribution is -0.138. The fraction of sp³-hybridized carbons (Fsp3) is 0.632. The van der Waals surface area contributed by atoms with Gasteiger partial charge in [0.25, 0.3) is 0 Å². The predicted octanol–water partition coefficient (Wildman–Crippen LogP) is 3.36. The molecule has 1 atom stereocenters. The number of ether oxygens (including phenoxy) is 2. The minimum absolute atomic E-state index is 0.237. The van der Waals surface area contributed by atoms with E-state index in [0.717, 1.165) is 38.2 Å². The largest absolute Gasteiger partial charge is 0.493 e. The quantitative estimate of drug-likeness (QED) is 0.855. The number of benzene rings is 1. The number of hydrogen-bond donors (Lipinski definition) is 0. The van der Waals surface area contributed by atoms with E-state index in [0.29, 0.717) is 19.1 Å². The summed E-state index contributed by atoms with van der Waals surface area (Å²) in [5.74, 6) is 1.49. The number of carbonyl (C=O) groups excluding carboxylic acids is 1. The molecule has 2 aliphatic rings. The second-order valence-corrected chi connectivity index (χ2v) is 6.81. The van der Waals surface area contributed by atoms with E-state index in [9.17, 15) is 4.79 Å².